The fraction of sp³-hybridized carbons (Fsp3) is 0.0714. The van der Waals surface area contributed by atoms with E-state index in [0.717, 1.165) is 0 Å². The number of benzene rings is 2. The van der Waals surface area contributed by atoms with Gasteiger partial charge in [0.1, 0.15) is 0 Å². The molecule has 0 aliphatic heterocycles. The lowest BCUT2D eigenvalue weighted by Crippen LogP contribution is -2.03. The van der Waals surface area contributed by atoms with Crippen LogP contribution in [0.2, 0.25) is 5.02 Å². The first-order valence-electron chi connectivity index (χ1n) is 5.87. The molecule has 0 spiro atoms. The average Bonchev–Trinajstić information content (AvgIpc) is 2.46. The molecule has 1 N–H and O–H groups in total. The second-order valence-corrected chi connectivity index (χ2v) is 5.51. The minimum absolute atomic E-state index is 0.0293. The molecule has 0 aliphatic carbocycles. The number of anilines is 1. The smallest absolute Gasteiger partial charge is 0.275 e. The maximum absolute atomic E-state index is 11.0. The quantitative estimate of drug-likeness (QED) is 0.638. The van der Waals surface area contributed by atoms with Crippen LogP contribution in [0.1, 0.15) is 11.1 Å². The number of nitriles is 1. The maximum Gasteiger partial charge on any atom is 0.275 e. The summed E-state index contributed by atoms with van der Waals surface area (Å²) in [7, 11) is 0. The molecule has 0 saturated heterocycles. The first-order chi connectivity index (χ1) is 10.0. The van der Waals surface area contributed by atoms with Gasteiger partial charge >= 0.3 is 0 Å². The Kier molecular flexibility index (Phi) is 4.78. The van der Waals surface area contributed by atoms with E-state index in [-0.39, 0.29) is 12.2 Å². The van der Waals surface area contributed by atoms with Crippen molar-refractivity contribution in [1.29, 1.82) is 5.26 Å². The number of hydrogen-bond donors (Lipinski definition) is 1. The first kappa shape index (κ1) is 15.3. The molecule has 0 atom stereocenters. The Hall–Kier alpha value is -2.10. The number of nitrogens with zero attached hydrogens (tertiary/aromatic N) is 2. The number of nitro benzene ring substituents is 1. The number of rotatable bonds is 4. The lowest BCUT2D eigenvalue weighted by molar-refractivity contribution is -0.385. The van der Waals surface area contributed by atoms with Crippen molar-refractivity contribution in [3.05, 3.63) is 67.1 Å². The summed E-state index contributed by atoms with van der Waals surface area (Å²) in [4.78, 5) is 10.6. The van der Waals surface area contributed by atoms with Crippen molar-refractivity contribution in [1.82, 2.24) is 0 Å². The van der Waals surface area contributed by atoms with E-state index in [9.17, 15) is 10.1 Å². The summed E-state index contributed by atoms with van der Waals surface area (Å²) in [6.07, 6.45) is 0. The molecule has 2 aromatic rings. The molecule has 21 heavy (non-hydrogen) atoms. The summed E-state index contributed by atoms with van der Waals surface area (Å²) in [5, 5.41) is 23.2. The van der Waals surface area contributed by atoms with Crippen LogP contribution < -0.4 is 5.32 Å². The van der Waals surface area contributed by atoms with Crippen LogP contribution in [0.4, 0.5) is 11.4 Å². The Morgan fingerprint density at radius 1 is 1.33 bits per heavy atom. The summed E-state index contributed by atoms with van der Waals surface area (Å²) >= 11 is 9.26. The van der Waals surface area contributed by atoms with Gasteiger partial charge < -0.3 is 5.32 Å². The Labute approximate surface area is 134 Å². The molecule has 0 fully saturated rings. The van der Waals surface area contributed by atoms with Crippen LogP contribution in [0.15, 0.2) is 40.9 Å². The minimum Gasteiger partial charge on any atom is -0.379 e. The van der Waals surface area contributed by atoms with Gasteiger partial charge in [0.25, 0.3) is 5.69 Å². The van der Waals surface area contributed by atoms with Gasteiger partial charge in [0.2, 0.25) is 0 Å². The summed E-state index contributed by atoms with van der Waals surface area (Å²) in [6.45, 7) is 0.259. The lowest BCUT2D eigenvalue weighted by atomic mass is 10.1. The van der Waals surface area contributed by atoms with Gasteiger partial charge in [0.05, 0.1) is 27.3 Å². The fourth-order valence-electron chi connectivity index (χ4n) is 1.77. The highest BCUT2D eigenvalue weighted by atomic mass is 79.9. The zero-order chi connectivity index (χ0) is 15.4. The van der Waals surface area contributed by atoms with Crippen molar-refractivity contribution in [3.8, 4) is 6.07 Å². The van der Waals surface area contributed by atoms with E-state index < -0.39 is 4.92 Å². The second-order valence-electron chi connectivity index (χ2n) is 4.19. The van der Waals surface area contributed by atoms with E-state index in [0.29, 0.717) is 26.3 Å². The van der Waals surface area contributed by atoms with Gasteiger partial charge in [-0.3, -0.25) is 10.1 Å². The van der Waals surface area contributed by atoms with Gasteiger partial charge in [-0.05, 0) is 30.3 Å². The molecule has 106 valence electrons. The first-order valence-corrected chi connectivity index (χ1v) is 7.04. The predicted octanol–water partition coefficient (Wildman–Crippen LogP) is 4.49. The van der Waals surface area contributed by atoms with E-state index in [1.54, 1.807) is 30.3 Å². The molecular formula is C14H9BrClN3O2. The van der Waals surface area contributed by atoms with Crippen molar-refractivity contribution >= 4 is 38.9 Å². The number of hydrogen-bond acceptors (Lipinski definition) is 4. The normalized spacial score (nSPS) is 9.95. The summed E-state index contributed by atoms with van der Waals surface area (Å²) in [6, 6.07) is 11.7. The Morgan fingerprint density at radius 3 is 2.71 bits per heavy atom. The third-order valence-corrected chi connectivity index (χ3v) is 3.62. The number of nitrogens with one attached hydrogen (secondary N) is 1. The number of nitro groups is 1. The zero-order valence-electron chi connectivity index (χ0n) is 10.6. The SMILES string of the molecule is N#Cc1ccc(NCc2ccc(Br)cc2[N+](=O)[O-])c(Cl)c1. The standard InChI is InChI=1S/C14H9BrClN3O2/c15-11-3-2-10(14(6-11)19(20)21)8-18-13-4-1-9(7-17)5-12(13)16/h1-6,18H,8H2. The van der Waals surface area contributed by atoms with E-state index in [1.165, 1.54) is 6.07 Å². The molecule has 0 saturated carbocycles. The Morgan fingerprint density at radius 2 is 2.10 bits per heavy atom. The minimum atomic E-state index is -0.428. The number of halogens is 2. The summed E-state index contributed by atoms with van der Waals surface area (Å²) in [5.74, 6) is 0. The van der Waals surface area contributed by atoms with Gasteiger partial charge in [-0.1, -0.05) is 27.5 Å². The van der Waals surface area contributed by atoms with E-state index in [1.807, 2.05) is 6.07 Å². The Balaban J connectivity index is 2.21. The monoisotopic (exact) mass is 365 g/mol. The molecule has 0 unspecified atom stereocenters. The molecule has 0 amide bonds. The second kappa shape index (κ2) is 6.57. The van der Waals surface area contributed by atoms with Crippen molar-refractivity contribution in [2.45, 2.75) is 6.54 Å². The van der Waals surface area contributed by atoms with Crippen LogP contribution >= 0.6 is 27.5 Å². The van der Waals surface area contributed by atoms with E-state index in [4.69, 9.17) is 16.9 Å². The molecule has 0 bridgehead atoms. The molecule has 0 aromatic heterocycles. The van der Waals surface area contributed by atoms with Crippen LogP contribution in [-0.4, -0.2) is 4.92 Å². The highest BCUT2D eigenvalue weighted by Crippen LogP contribution is 2.27. The molecule has 0 heterocycles. The fourth-order valence-corrected chi connectivity index (χ4v) is 2.37. The Bertz CT molecular complexity index is 743. The molecule has 0 radical (unpaired) electrons. The molecule has 2 aromatic carbocycles. The molecule has 7 heteroatoms. The predicted molar refractivity (Wildman–Crippen MR) is 84.3 cm³/mol. The lowest BCUT2D eigenvalue weighted by Gasteiger charge is -2.09. The highest BCUT2D eigenvalue weighted by Gasteiger charge is 2.14. The zero-order valence-corrected chi connectivity index (χ0v) is 13.0. The summed E-state index contributed by atoms with van der Waals surface area (Å²) in [5.41, 5.74) is 1.65. The van der Waals surface area contributed by atoms with E-state index in [2.05, 4.69) is 21.2 Å². The van der Waals surface area contributed by atoms with Crippen molar-refractivity contribution in [3.63, 3.8) is 0 Å². The highest BCUT2D eigenvalue weighted by molar-refractivity contribution is 9.10. The third kappa shape index (κ3) is 3.72. The van der Waals surface area contributed by atoms with E-state index >= 15 is 0 Å². The largest absolute Gasteiger partial charge is 0.379 e. The van der Waals surface area contributed by atoms with Crippen LogP contribution in [0, 0.1) is 21.4 Å². The van der Waals surface area contributed by atoms with Crippen LogP contribution in [0.5, 0.6) is 0 Å². The van der Waals surface area contributed by atoms with Crippen molar-refractivity contribution in [2.75, 3.05) is 5.32 Å². The van der Waals surface area contributed by atoms with Gasteiger partial charge in [-0.15, -0.1) is 0 Å². The average molecular weight is 367 g/mol. The molecule has 0 aliphatic rings. The van der Waals surface area contributed by atoms with Crippen LogP contribution in [0.25, 0.3) is 0 Å². The van der Waals surface area contributed by atoms with Crippen molar-refractivity contribution < 1.29 is 4.92 Å². The summed E-state index contributed by atoms with van der Waals surface area (Å²) < 4.78 is 0.648. The molecular weight excluding hydrogens is 358 g/mol. The van der Waals surface area contributed by atoms with Gasteiger partial charge in [-0.25, -0.2) is 0 Å². The van der Waals surface area contributed by atoms with Crippen LogP contribution in [0.3, 0.4) is 0 Å². The third-order valence-electron chi connectivity index (χ3n) is 2.81. The maximum atomic E-state index is 11.0. The van der Waals surface area contributed by atoms with Gasteiger partial charge in [0.15, 0.2) is 0 Å². The topological polar surface area (TPSA) is 79.0 Å². The van der Waals surface area contributed by atoms with Gasteiger partial charge in [-0.2, -0.15) is 5.26 Å². The molecule has 2 rings (SSSR count). The van der Waals surface area contributed by atoms with Crippen LogP contribution in [-0.2, 0) is 6.54 Å². The van der Waals surface area contributed by atoms with Gasteiger partial charge in [0, 0.05) is 22.6 Å². The molecule has 5 nitrogen and oxygen atoms in total. The van der Waals surface area contributed by atoms with Crippen molar-refractivity contribution in [2.24, 2.45) is 0 Å².